The van der Waals surface area contributed by atoms with Crippen molar-refractivity contribution >= 4 is 40.3 Å². The first-order valence-corrected chi connectivity index (χ1v) is 10.9. The zero-order valence-corrected chi connectivity index (χ0v) is 18.7. The maximum Gasteiger partial charge on any atom is 0.280 e. The topological polar surface area (TPSA) is 84.4 Å². The Labute approximate surface area is 199 Å². The summed E-state index contributed by atoms with van der Waals surface area (Å²) in [6.45, 7) is 0. The number of nitrogens with one attached hydrogen (secondary N) is 1. The first-order valence-electron chi connectivity index (χ1n) is 10.1. The maximum atomic E-state index is 11.5. The van der Waals surface area contributed by atoms with Gasteiger partial charge in [0.25, 0.3) is 5.69 Å². The predicted octanol–water partition coefficient (Wildman–Crippen LogP) is 6.08. The predicted molar refractivity (Wildman–Crippen MR) is 130 cm³/mol. The van der Waals surface area contributed by atoms with Gasteiger partial charge in [-0.1, -0.05) is 29.8 Å². The van der Waals surface area contributed by atoms with Crippen LogP contribution in [0.15, 0.2) is 89.5 Å². The van der Waals surface area contributed by atoms with Crippen LogP contribution in [0.5, 0.6) is 0 Å². The third-order valence-electron chi connectivity index (χ3n) is 5.49. The number of hydrogen-bond donors (Lipinski definition) is 1. The second kappa shape index (κ2) is 8.65. The van der Waals surface area contributed by atoms with Crippen molar-refractivity contribution in [3.63, 3.8) is 0 Å². The van der Waals surface area contributed by atoms with Crippen molar-refractivity contribution in [2.45, 2.75) is 12.1 Å². The minimum Gasteiger partial charge on any atom is -0.459 e. The van der Waals surface area contributed by atoms with Crippen LogP contribution in [0.25, 0.3) is 11.3 Å². The molecule has 0 bridgehead atoms. The van der Waals surface area contributed by atoms with E-state index < -0.39 is 4.92 Å². The zero-order chi connectivity index (χ0) is 22.9. The van der Waals surface area contributed by atoms with E-state index in [1.54, 1.807) is 42.6 Å². The highest BCUT2D eigenvalue weighted by Crippen LogP contribution is 2.43. The third kappa shape index (κ3) is 3.94. The van der Waals surface area contributed by atoms with Gasteiger partial charge in [0.1, 0.15) is 17.6 Å². The van der Waals surface area contributed by atoms with Crippen LogP contribution in [0, 0.1) is 10.1 Å². The molecule has 2 atom stereocenters. The lowest BCUT2D eigenvalue weighted by molar-refractivity contribution is -0.384. The Morgan fingerprint density at radius 1 is 1.03 bits per heavy atom. The molecule has 1 fully saturated rings. The third-order valence-corrected chi connectivity index (χ3v) is 6.05. The molecule has 1 N–H and O–H groups in total. The fraction of sp³-hybridized carbons (Fsp3) is 0.0833. The van der Waals surface area contributed by atoms with Crippen LogP contribution >= 0.6 is 23.8 Å². The highest BCUT2D eigenvalue weighted by molar-refractivity contribution is 7.80. The molecule has 2 aromatic carbocycles. The van der Waals surface area contributed by atoms with Crippen molar-refractivity contribution in [1.82, 2.24) is 10.3 Å². The van der Waals surface area contributed by atoms with E-state index in [2.05, 4.69) is 10.3 Å². The molecule has 1 aliphatic rings. The van der Waals surface area contributed by atoms with Gasteiger partial charge in [0.2, 0.25) is 0 Å². The van der Waals surface area contributed by atoms with Crippen LogP contribution in [-0.2, 0) is 0 Å². The first kappa shape index (κ1) is 21.1. The summed E-state index contributed by atoms with van der Waals surface area (Å²) in [5.41, 5.74) is 2.03. The van der Waals surface area contributed by atoms with Crippen LogP contribution in [0.3, 0.4) is 0 Å². The van der Waals surface area contributed by atoms with E-state index in [4.69, 9.17) is 28.2 Å². The number of rotatable bonds is 5. The number of para-hydroxylation sites is 1. The van der Waals surface area contributed by atoms with E-state index in [0.29, 0.717) is 27.2 Å². The van der Waals surface area contributed by atoms with Gasteiger partial charge in [0.05, 0.1) is 22.2 Å². The lowest BCUT2D eigenvalue weighted by atomic mass is 10.0. The number of thiocarbonyl (C=S) groups is 1. The van der Waals surface area contributed by atoms with Crippen molar-refractivity contribution < 1.29 is 9.34 Å². The SMILES string of the molecule is O=[N+]([O-])c1ccccc1-c1ccc([C@@H]2[C@H](c3ccccn3)NC(=S)N2c2ccc(Cl)cc2)o1. The van der Waals surface area contributed by atoms with Gasteiger partial charge in [0.15, 0.2) is 5.11 Å². The van der Waals surface area contributed by atoms with Gasteiger partial charge in [-0.2, -0.15) is 0 Å². The monoisotopic (exact) mass is 476 g/mol. The average molecular weight is 477 g/mol. The summed E-state index contributed by atoms with van der Waals surface area (Å²) < 4.78 is 6.22. The molecule has 4 aromatic rings. The number of halogens is 1. The van der Waals surface area contributed by atoms with E-state index in [0.717, 1.165) is 11.4 Å². The minimum absolute atomic E-state index is 0.0192. The largest absolute Gasteiger partial charge is 0.459 e. The summed E-state index contributed by atoms with van der Waals surface area (Å²) in [5.74, 6) is 1.01. The van der Waals surface area contributed by atoms with Gasteiger partial charge >= 0.3 is 0 Å². The molecule has 5 rings (SSSR count). The molecule has 2 aromatic heterocycles. The molecule has 3 heterocycles. The summed E-state index contributed by atoms with van der Waals surface area (Å²) in [5, 5.41) is 16.0. The summed E-state index contributed by atoms with van der Waals surface area (Å²) in [6, 6.07) is 22.5. The molecule has 0 spiro atoms. The molecule has 0 amide bonds. The smallest absolute Gasteiger partial charge is 0.280 e. The van der Waals surface area contributed by atoms with Crippen LogP contribution in [0.1, 0.15) is 23.5 Å². The number of nitro benzene ring substituents is 1. The van der Waals surface area contributed by atoms with Crippen molar-refractivity contribution in [2.24, 2.45) is 0 Å². The number of benzene rings is 2. The second-order valence-electron chi connectivity index (χ2n) is 7.45. The summed E-state index contributed by atoms with van der Waals surface area (Å²) in [6.07, 6.45) is 1.73. The minimum atomic E-state index is -0.416. The number of hydrogen-bond acceptors (Lipinski definition) is 5. The Morgan fingerprint density at radius 2 is 1.79 bits per heavy atom. The fourth-order valence-corrected chi connectivity index (χ4v) is 4.49. The summed E-state index contributed by atoms with van der Waals surface area (Å²) in [4.78, 5) is 17.6. The number of aromatic nitrogens is 1. The normalized spacial score (nSPS) is 17.7. The quantitative estimate of drug-likeness (QED) is 0.212. The molecule has 33 heavy (non-hydrogen) atoms. The molecule has 1 saturated heterocycles. The van der Waals surface area contributed by atoms with Gasteiger partial charge in [-0.25, -0.2) is 0 Å². The lowest BCUT2D eigenvalue weighted by Crippen LogP contribution is -2.29. The fourth-order valence-electron chi connectivity index (χ4n) is 4.02. The Kier molecular flexibility index (Phi) is 5.53. The molecule has 9 heteroatoms. The number of anilines is 1. The van der Waals surface area contributed by atoms with E-state index in [1.807, 2.05) is 41.3 Å². The van der Waals surface area contributed by atoms with Crippen LogP contribution in [-0.4, -0.2) is 15.0 Å². The molecule has 0 radical (unpaired) electrons. The van der Waals surface area contributed by atoms with Crippen molar-refractivity contribution in [1.29, 1.82) is 0 Å². The number of furan rings is 1. The number of nitrogens with zero attached hydrogens (tertiary/aromatic N) is 3. The van der Waals surface area contributed by atoms with Crippen LogP contribution in [0.4, 0.5) is 11.4 Å². The highest BCUT2D eigenvalue weighted by atomic mass is 35.5. The molecule has 0 saturated carbocycles. The molecule has 1 aliphatic heterocycles. The Bertz CT molecular complexity index is 1330. The van der Waals surface area contributed by atoms with E-state index in [1.165, 1.54) is 6.07 Å². The Hall–Kier alpha value is -3.75. The number of pyridine rings is 1. The average Bonchev–Trinajstić information content (AvgIpc) is 3.45. The van der Waals surface area contributed by atoms with Gasteiger partial charge in [0, 0.05) is 23.0 Å². The maximum absolute atomic E-state index is 11.5. The standard InChI is InChI=1S/C24H17ClN4O3S/c25-15-8-10-16(11-9-15)28-23(22(27-24(28)33)18-6-3-4-14-26-18)21-13-12-20(32-21)17-5-1-2-7-19(17)29(30)31/h1-14,22-23H,(H,27,33)/t22-,23+/m0/s1. The van der Waals surface area contributed by atoms with Crippen molar-refractivity contribution in [3.05, 3.63) is 112 Å². The Balaban J connectivity index is 1.61. The molecule has 164 valence electrons. The lowest BCUT2D eigenvalue weighted by Gasteiger charge is -2.26. The van der Waals surface area contributed by atoms with Crippen molar-refractivity contribution in [3.8, 4) is 11.3 Å². The van der Waals surface area contributed by atoms with Crippen LogP contribution < -0.4 is 10.2 Å². The van der Waals surface area contributed by atoms with Crippen molar-refractivity contribution in [2.75, 3.05) is 4.90 Å². The van der Waals surface area contributed by atoms with E-state index >= 15 is 0 Å². The summed E-state index contributed by atoms with van der Waals surface area (Å²) in [7, 11) is 0. The molecular formula is C24H17ClN4O3S. The van der Waals surface area contributed by atoms with Crippen LogP contribution in [0.2, 0.25) is 5.02 Å². The Morgan fingerprint density at radius 3 is 2.52 bits per heavy atom. The zero-order valence-electron chi connectivity index (χ0n) is 17.1. The molecular weight excluding hydrogens is 460 g/mol. The molecule has 0 aliphatic carbocycles. The van der Waals surface area contributed by atoms with Gasteiger partial charge in [-0.05, 0) is 66.8 Å². The molecule has 7 nitrogen and oxygen atoms in total. The van der Waals surface area contributed by atoms with Gasteiger partial charge in [-0.15, -0.1) is 0 Å². The van der Waals surface area contributed by atoms with E-state index in [-0.39, 0.29) is 17.8 Å². The van der Waals surface area contributed by atoms with E-state index in [9.17, 15) is 10.1 Å². The molecule has 0 unspecified atom stereocenters. The first-order chi connectivity index (χ1) is 16.0. The number of nitro groups is 1. The van der Waals surface area contributed by atoms with Gasteiger partial charge < -0.3 is 14.6 Å². The second-order valence-corrected chi connectivity index (χ2v) is 8.27. The summed E-state index contributed by atoms with van der Waals surface area (Å²) >= 11 is 11.8. The highest BCUT2D eigenvalue weighted by Gasteiger charge is 2.42. The van der Waals surface area contributed by atoms with Gasteiger partial charge in [-0.3, -0.25) is 15.1 Å².